The van der Waals surface area contributed by atoms with Gasteiger partial charge in [0.25, 0.3) is 0 Å². The van der Waals surface area contributed by atoms with Crippen LogP contribution in [0.4, 0.5) is 0 Å². The number of nitrogens with zero attached hydrogens (tertiary/aromatic N) is 1. The molecule has 18 heavy (non-hydrogen) atoms. The Bertz CT molecular complexity index is 458. The predicted octanol–water partition coefficient (Wildman–Crippen LogP) is 2.07. The molecule has 2 aliphatic heterocycles. The summed E-state index contributed by atoms with van der Waals surface area (Å²) in [7, 11) is 0. The molecule has 3 rings (SSSR count). The summed E-state index contributed by atoms with van der Waals surface area (Å²) in [6, 6.07) is 8.29. The molecule has 0 amide bonds. The first-order valence-electron chi connectivity index (χ1n) is 6.71. The number of rotatable bonds is 2. The van der Waals surface area contributed by atoms with Gasteiger partial charge in [-0.25, -0.2) is 0 Å². The first kappa shape index (κ1) is 11.7. The third-order valence-corrected chi connectivity index (χ3v) is 4.03. The summed E-state index contributed by atoms with van der Waals surface area (Å²) in [6.07, 6.45) is 0.705. The van der Waals surface area contributed by atoms with E-state index in [2.05, 4.69) is 17.0 Å². The number of hydrogen-bond donors (Lipinski definition) is 0. The minimum Gasteiger partial charge on any atom is -0.493 e. The van der Waals surface area contributed by atoms with Crippen LogP contribution in [-0.2, 0) is 4.79 Å². The van der Waals surface area contributed by atoms with E-state index in [1.165, 1.54) is 5.56 Å². The van der Waals surface area contributed by atoms with Crippen LogP contribution in [0, 0.1) is 5.92 Å². The number of para-hydroxylation sites is 1. The van der Waals surface area contributed by atoms with Crippen molar-refractivity contribution in [2.75, 3.05) is 26.2 Å². The van der Waals surface area contributed by atoms with Gasteiger partial charge in [-0.3, -0.25) is 4.79 Å². The van der Waals surface area contributed by atoms with Gasteiger partial charge in [0.2, 0.25) is 0 Å². The van der Waals surface area contributed by atoms with Crippen LogP contribution in [0.15, 0.2) is 24.3 Å². The molecule has 1 aromatic carbocycles. The van der Waals surface area contributed by atoms with Crippen molar-refractivity contribution >= 4 is 5.78 Å². The molecule has 1 aromatic rings. The largest absolute Gasteiger partial charge is 0.493 e. The van der Waals surface area contributed by atoms with E-state index < -0.39 is 0 Å². The maximum atomic E-state index is 11.5. The van der Waals surface area contributed by atoms with Crippen molar-refractivity contribution in [2.45, 2.75) is 19.3 Å². The number of likely N-dealkylation sites (tertiary alicyclic amines) is 1. The molecule has 1 fully saturated rings. The molecule has 0 N–H and O–H groups in total. The van der Waals surface area contributed by atoms with E-state index in [1.807, 2.05) is 19.1 Å². The summed E-state index contributed by atoms with van der Waals surface area (Å²) in [5, 5.41) is 0. The SMILES string of the molecule is CC1CN(CC2COc3ccccc32)CCC1=O. The third kappa shape index (κ3) is 2.15. The zero-order chi connectivity index (χ0) is 12.5. The molecule has 1 saturated heterocycles. The number of carbonyl (C=O) groups is 1. The molecule has 3 nitrogen and oxygen atoms in total. The second kappa shape index (κ2) is 4.73. The van der Waals surface area contributed by atoms with Crippen molar-refractivity contribution in [1.29, 1.82) is 0 Å². The van der Waals surface area contributed by atoms with Crippen molar-refractivity contribution in [1.82, 2.24) is 4.90 Å². The van der Waals surface area contributed by atoms with Gasteiger partial charge in [0.1, 0.15) is 11.5 Å². The average molecular weight is 245 g/mol. The molecule has 0 aliphatic carbocycles. The Morgan fingerprint density at radius 3 is 3.06 bits per heavy atom. The minimum atomic E-state index is 0.191. The van der Waals surface area contributed by atoms with Crippen molar-refractivity contribution < 1.29 is 9.53 Å². The summed E-state index contributed by atoms with van der Waals surface area (Å²) < 4.78 is 5.71. The fourth-order valence-electron chi connectivity index (χ4n) is 2.95. The summed E-state index contributed by atoms with van der Waals surface area (Å²) in [4.78, 5) is 13.9. The summed E-state index contributed by atoms with van der Waals surface area (Å²) >= 11 is 0. The van der Waals surface area contributed by atoms with E-state index in [1.54, 1.807) is 0 Å². The molecule has 0 aromatic heterocycles. The van der Waals surface area contributed by atoms with Gasteiger partial charge in [-0.05, 0) is 6.07 Å². The van der Waals surface area contributed by atoms with Gasteiger partial charge in [0.15, 0.2) is 0 Å². The number of hydrogen-bond acceptors (Lipinski definition) is 3. The fourth-order valence-corrected chi connectivity index (χ4v) is 2.95. The zero-order valence-electron chi connectivity index (χ0n) is 10.8. The van der Waals surface area contributed by atoms with Crippen LogP contribution in [0.5, 0.6) is 5.75 Å². The summed E-state index contributed by atoms with van der Waals surface area (Å²) in [5.74, 6) is 2.09. The van der Waals surface area contributed by atoms with Crippen LogP contribution in [0.25, 0.3) is 0 Å². The number of ether oxygens (including phenoxy) is 1. The number of carbonyl (C=O) groups excluding carboxylic acids is 1. The zero-order valence-corrected chi connectivity index (χ0v) is 10.8. The Labute approximate surface area is 108 Å². The summed E-state index contributed by atoms with van der Waals surface area (Å²) in [6.45, 7) is 5.62. The standard InChI is InChI=1S/C15H19NO2/c1-11-8-16(7-6-14(11)17)9-12-10-18-15-5-3-2-4-13(12)15/h2-5,11-12H,6-10H2,1H3. The molecule has 2 unspecified atom stereocenters. The van der Waals surface area contributed by atoms with E-state index in [0.29, 0.717) is 18.1 Å². The van der Waals surface area contributed by atoms with E-state index in [-0.39, 0.29) is 5.92 Å². The fraction of sp³-hybridized carbons (Fsp3) is 0.533. The number of ketones is 1. The van der Waals surface area contributed by atoms with Gasteiger partial charge in [-0.15, -0.1) is 0 Å². The molecule has 0 saturated carbocycles. The van der Waals surface area contributed by atoms with Gasteiger partial charge in [-0.2, -0.15) is 0 Å². The molecule has 0 radical (unpaired) electrons. The molecule has 3 heteroatoms. The van der Waals surface area contributed by atoms with E-state index >= 15 is 0 Å². The van der Waals surface area contributed by atoms with Crippen LogP contribution in [-0.4, -0.2) is 36.9 Å². The lowest BCUT2D eigenvalue weighted by Crippen LogP contribution is -2.41. The van der Waals surface area contributed by atoms with Crippen molar-refractivity contribution in [3.8, 4) is 5.75 Å². The minimum absolute atomic E-state index is 0.191. The van der Waals surface area contributed by atoms with Crippen molar-refractivity contribution in [3.05, 3.63) is 29.8 Å². The quantitative estimate of drug-likeness (QED) is 0.799. The molecule has 0 bridgehead atoms. The summed E-state index contributed by atoms with van der Waals surface area (Å²) in [5.41, 5.74) is 1.32. The van der Waals surface area contributed by atoms with Crippen LogP contribution in [0.3, 0.4) is 0 Å². The lowest BCUT2D eigenvalue weighted by Gasteiger charge is -2.31. The van der Waals surface area contributed by atoms with E-state index in [9.17, 15) is 4.79 Å². The lowest BCUT2D eigenvalue weighted by atomic mass is 9.95. The second-order valence-corrected chi connectivity index (χ2v) is 5.42. The van der Waals surface area contributed by atoms with Crippen molar-refractivity contribution in [3.63, 3.8) is 0 Å². The number of Topliss-reactive ketones (excluding diaryl/α,β-unsaturated/α-hetero) is 1. The van der Waals surface area contributed by atoms with Gasteiger partial charge in [0, 0.05) is 43.5 Å². The Morgan fingerprint density at radius 2 is 2.22 bits per heavy atom. The normalized spacial score (nSPS) is 27.9. The predicted molar refractivity (Wildman–Crippen MR) is 69.9 cm³/mol. The molecular formula is C15H19NO2. The highest BCUT2D eigenvalue weighted by Crippen LogP contribution is 2.34. The Morgan fingerprint density at radius 1 is 1.39 bits per heavy atom. The van der Waals surface area contributed by atoms with E-state index in [0.717, 1.165) is 32.0 Å². The van der Waals surface area contributed by atoms with Crippen molar-refractivity contribution in [2.24, 2.45) is 5.92 Å². The maximum Gasteiger partial charge on any atom is 0.138 e. The first-order valence-corrected chi connectivity index (χ1v) is 6.71. The molecular weight excluding hydrogens is 226 g/mol. The second-order valence-electron chi connectivity index (χ2n) is 5.42. The van der Waals surface area contributed by atoms with Gasteiger partial charge >= 0.3 is 0 Å². The molecule has 2 heterocycles. The monoisotopic (exact) mass is 245 g/mol. The Kier molecular flexibility index (Phi) is 3.08. The number of fused-ring (bicyclic) bond motifs is 1. The highest BCUT2D eigenvalue weighted by atomic mass is 16.5. The topological polar surface area (TPSA) is 29.5 Å². The van der Waals surface area contributed by atoms with Crippen LogP contribution >= 0.6 is 0 Å². The molecule has 0 spiro atoms. The highest BCUT2D eigenvalue weighted by Gasteiger charge is 2.29. The highest BCUT2D eigenvalue weighted by molar-refractivity contribution is 5.81. The smallest absolute Gasteiger partial charge is 0.138 e. The first-order chi connectivity index (χ1) is 8.74. The van der Waals surface area contributed by atoms with Crippen LogP contribution < -0.4 is 4.74 Å². The Hall–Kier alpha value is -1.35. The van der Waals surface area contributed by atoms with Gasteiger partial charge in [0.05, 0.1) is 6.61 Å². The van der Waals surface area contributed by atoms with Gasteiger partial charge < -0.3 is 9.64 Å². The van der Waals surface area contributed by atoms with E-state index in [4.69, 9.17) is 4.74 Å². The maximum absolute atomic E-state index is 11.5. The third-order valence-electron chi connectivity index (χ3n) is 4.03. The Balaban J connectivity index is 1.66. The molecule has 96 valence electrons. The van der Waals surface area contributed by atoms with Crippen LogP contribution in [0.1, 0.15) is 24.8 Å². The number of piperidine rings is 1. The molecule has 2 aliphatic rings. The van der Waals surface area contributed by atoms with Gasteiger partial charge in [-0.1, -0.05) is 25.1 Å². The molecule has 2 atom stereocenters. The van der Waals surface area contributed by atoms with Crippen LogP contribution in [0.2, 0.25) is 0 Å². The average Bonchev–Trinajstić information content (AvgIpc) is 2.78. The lowest BCUT2D eigenvalue weighted by molar-refractivity contribution is -0.125. The number of benzene rings is 1.